The van der Waals surface area contributed by atoms with Crippen molar-refractivity contribution < 1.29 is 5.11 Å². The number of aliphatic hydroxyl groups excluding tert-OH is 1. The van der Waals surface area contributed by atoms with E-state index in [1.807, 2.05) is 30.5 Å². The van der Waals surface area contributed by atoms with Crippen LogP contribution in [0.4, 0.5) is 0 Å². The normalized spacial score (nSPS) is 23.6. The predicted octanol–water partition coefficient (Wildman–Crippen LogP) is 2.98. The van der Waals surface area contributed by atoms with Gasteiger partial charge in [0.1, 0.15) is 0 Å². The summed E-state index contributed by atoms with van der Waals surface area (Å²) in [6.07, 6.45) is 2.87. The van der Waals surface area contributed by atoms with Crippen molar-refractivity contribution in [2.75, 3.05) is 6.61 Å². The van der Waals surface area contributed by atoms with Crippen LogP contribution in [0.1, 0.15) is 18.0 Å². The second-order valence-corrected chi connectivity index (χ2v) is 4.78. The third kappa shape index (κ3) is 1.58. The molecule has 0 saturated heterocycles. The van der Waals surface area contributed by atoms with Crippen LogP contribution >= 0.6 is 11.6 Å². The van der Waals surface area contributed by atoms with Crippen LogP contribution in [0.5, 0.6) is 0 Å². The van der Waals surface area contributed by atoms with Crippen molar-refractivity contribution in [3.05, 3.63) is 41.2 Å². The maximum atomic E-state index is 9.11. The molecule has 2 unspecified atom stereocenters. The Balaban J connectivity index is 2.12. The van der Waals surface area contributed by atoms with Gasteiger partial charge >= 0.3 is 0 Å². The molecule has 0 amide bonds. The quantitative estimate of drug-likeness (QED) is 0.865. The molecule has 2 nitrogen and oxygen atoms in total. The smallest absolute Gasteiger partial charge is 0.0516 e. The van der Waals surface area contributed by atoms with E-state index in [9.17, 15) is 0 Å². The van der Waals surface area contributed by atoms with Crippen molar-refractivity contribution in [2.24, 2.45) is 5.92 Å². The van der Waals surface area contributed by atoms with Gasteiger partial charge in [0.05, 0.1) is 5.69 Å². The topological polar surface area (TPSA) is 33.1 Å². The van der Waals surface area contributed by atoms with Gasteiger partial charge in [-0.2, -0.15) is 0 Å². The monoisotopic (exact) mass is 233 g/mol. The maximum absolute atomic E-state index is 9.11. The van der Waals surface area contributed by atoms with Crippen molar-refractivity contribution in [3.63, 3.8) is 0 Å². The Morgan fingerprint density at radius 1 is 1.38 bits per heavy atom. The molecular weight excluding hydrogens is 222 g/mol. The van der Waals surface area contributed by atoms with Gasteiger partial charge in [-0.05, 0) is 35.9 Å². The Morgan fingerprint density at radius 2 is 2.25 bits per heavy atom. The molecule has 1 fully saturated rings. The van der Waals surface area contributed by atoms with Crippen LogP contribution in [0.25, 0.3) is 10.8 Å². The summed E-state index contributed by atoms with van der Waals surface area (Å²) in [6, 6.07) is 7.84. The van der Waals surface area contributed by atoms with Gasteiger partial charge < -0.3 is 5.11 Å². The molecule has 0 spiro atoms. The summed E-state index contributed by atoms with van der Waals surface area (Å²) in [6.45, 7) is 0.260. The number of hydrogen-bond donors (Lipinski definition) is 1. The summed E-state index contributed by atoms with van der Waals surface area (Å²) in [5.74, 6) is 0.823. The maximum Gasteiger partial charge on any atom is 0.0516 e. The second-order valence-electron chi connectivity index (χ2n) is 4.35. The third-order valence-electron chi connectivity index (χ3n) is 3.27. The van der Waals surface area contributed by atoms with Gasteiger partial charge in [-0.15, -0.1) is 0 Å². The fraction of sp³-hybridized carbons (Fsp3) is 0.308. The number of aromatic nitrogens is 1. The van der Waals surface area contributed by atoms with Crippen LogP contribution in [0.2, 0.25) is 5.02 Å². The summed E-state index contributed by atoms with van der Waals surface area (Å²) in [4.78, 5) is 4.44. The standard InChI is InChI=1S/C13H12ClNO/c14-10-1-2-11-8(5-10)3-4-15-13(11)12-6-9(12)7-16/h1-5,9,12,16H,6-7H2. The summed E-state index contributed by atoms with van der Waals surface area (Å²) < 4.78 is 0. The molecule has 0 aliphatic heterocycles. The highest BCUT2D eigenvalue weighted by Crippen LogP contribution is 2.48. The lowest BCUT2D eigenvalue weighted by Gasteiger charge is -2.05. The van der Waals surface area contributed by atoms with Gasteiger partial charge in [0.25, 0.3) is 0 Å². The minimum absolute atomic E-state index is 0.260. The second kappa shape index (κ2) is 3.72. The van der Waals surface area contributed by atoms with E-state index in [1.54, 1.807) is 0 Å². The molecular formula is C13H12ClNO. The molecule has 3 rings (SSSR count). The van der Waals surface area contributed by atoms with Gasteiger partial charge in [0.15, 0.2) is 0 Å². The van der Waals surface area contributed by atoms with Crippen LogP contribution in [-0.2, 0) is 0 Å². The van der Waals surface area contributed by atoms with E-state index >= 15 is 0 Å². The molecule has 1 aliphatic rings. The molecule has 1 saturated carbocycles. The molecule has 1 aromatic carbocycles. The number of halogens is 1. The van der Waals surface area contributed by atoms with E-state index < -0.39 is 0 Å². The van der Waals surface area contributed by atoms with E-state index in [2.05, 4.69) is 4.98 Å². The van der Waals surface area contributed by atoms with Crippen molar-refractivity contribution >= 4 is 22.4 Å². The minimum Gasteiger partial charge on any atom is -0.396 e. The molecule has 16 heavy (non-hydrogen) atoms. The summed E-state index contributed by atoms with van der Waals surface area (Å²) in [7, 11) is 0. The molecule has 0 bridgehead atoms. The van der Waals surface area contributed by atoms with Crippen LogP contribution in [0.3, 0.4) is 0 Å². The van der Waals surface area contributed by atoms with E-state index in [4.69, 9.17) is 16.7 Å². The Kier molecular flexibility index (Phi) is 2.34. The highest BCUT2D eigenvalue weighted by molar-refractivity contribution is 6.31. The Labute approximate surface area is 98.9 Å². The van der Waals surface area contributed by atoms with E-state index in [0.29, 0.717) is 11.8 Å². The van der Waals surface area contributed by atoms with Crippen molar-refractivity contribution in [1.29, 1.82) is 0 Å². The number of aliphatic hydroxyl groups is 1. The van der Waals surface area contributed by atoms with Gasteiger partial charge in [0.2, 0.25) is 0 Å². The third-order valence-corrected chi connectivity index (χ3v) is 3.50. The average Bonchev–Trinajstić information content (AvgIpc) is 3.07. The molecule has 1 aliphatic carbocycles. The molecule has 1 heterocycles. The van der Waals surface area contributed by atoms with Crippen LogP contribution in [0, 0.1) is 5.92 Å². The largest absolute Gasteiger partial charge is 0.396 e. The van der Waals surface area contributed by atoms with Crippen molar-refractivity contribution in [2.45, 2.75) is 12.3 Å². The number of benzene rings is 1. The SMILES string of the molecule is OCC1CC1c1nccc2cc(Cl)ccc12. The van der Waals surface area contributed by atoms with Crippen molar-refractivity contribution in [1.82, 2.24) is 4.98 Å². The van der Waals surface area contributed by atoms with E-state index in [1.165, 1.54) is 0 Å². The molecule has 0 radical (unpaired) electrons. The molecule has 3 heteroatoms. The zero-order valence-corrected chi connectivity index (χ0v) is 9.48. The number of nitrogens with zero attached hydrogens (tertiary/aromatic N) is 1. The first-order valence-electron chi connectivity index (χ1n) is 5.44. The first kappa shape index (κ1) is 10.1. The number of hydrogen-bond acceptors (Lipinski definition) is 2. The lowest BCUT2D eigenvalue weighted by molar-refractivity contribution is 0.274. The summed E-state index contributed by atoms with van der Waals surface area (Å²) in [5, 5.41) is 12.1. The zero-order chi connectivity index (χ0) is 11.1. The fourth-order valence-corrected chi connectivity index (χ4v) is 2.43. The molecule has 2 aromatic rings. The lowest BCUT2D eigenvalue weighted by atomic mass is 10.1. The Morgan fingerprint density at radius 3 is 3.00 bits per heavy atom. The van der Waals surface area contributed by atoms with Crippen LogP contribution in [0.15, 0.2) is 30.5 Å². The van der Waals surface area contributed by atoms with Gasteiger partial charge in [-0.3, -0.25) is 4.98 Å². The molecule has 1 N–H and O–H groups in total. The fourth-order valence-electron chi connectivity index (χ4n) is 2.25. The van der Waals surface area contributed by atoms with Gasteiger partial charge in [-0.1, -0.05) is 17.7 Å². The number of pyridine rings is 1. The Bertz CT molecular complexity index is 540. The lowest BCUT2D eigenvalue weighted by Crippen LogP contribution is -1.93. The highest BCUT2D eigenvalue weighted by atomic mass is 35.5. The van der Waals surface area contributed by atoms with Crippen LogP contribution < -0.4 is 0 Å². The Hall–Kier alpha value is -1.12. The van der Waals surface area contributed by atoms with E-state index in [-0.39, 0.29) is 6.61 Å². The number of fused-ring (bicyclic) bond motifs is 1. The molecule has 2 atom stereocenters. The zero-order valence-electron chi connectivity index (χ0n) is 8.73. The van der Waals surface area contributed by atoms with Gasteiger partial charge in [-0.25, -0.2) is 0 Å². The highest BCUT2D eigenvalue weighted by Gasteiger charge is 2.39. The summed E-state index contributed by atoms with van der Waals surface area (Å²) in [5.41, 5.74) is 1.10. The van der Waals surface area contributed by atoms with Crippen molar-refractivity contribution in [3.8, 4) is 0 Å². The predicted molar refractivity (Wildman–Crippen MR) is 64.7 cm³/mol. The first-order chi connectivity index (χ1) is 7.79. The molecule has 1 aromatic heterocycles. The van der Waals surface area contributed by atoms with Gasteiger partial charge in [0, 0.05) is 29.1 Å². The molecule has 82 valence electrons. The number of rotatable bonds is 2. The average molecular weight is 234 g/mol. The first-order valence-corrected chi connectivity index (χ1v) is 5.82. The summed E-state index contributed by atoms with van der Waals surface area (Å²) >= 11 is 5.96. The van der Waals surface area contributed by atoms with Crippen LogP contribution in [-0.4, -0.2) is 16.7 Å². The van der Waals surface area contributed by atoms with E-state index in [0.717, 1.165) is 27.9 Å². The minimum atomic E-state index is 0.260.